The number of aromatic amines is 1. The number of amides is 1. The van der Waals surface area contributed by atoms with Gasteiger partial charge in [0, 0.05) is 47.4 Å². The maximum Gasteiger partial charge on any atom is 0.251 e. The van der Waals surface area contributed by atoms with Gasteiger partial charge in [-0.1, -0.05) is 18.2 Å². The fourth-order valence-corrected chi connectivity index (χ4v) is 4.76. The number of carbonyl (C=O) groups excluding carboxylic acids is 1. The van der Waals surface area contributed by atoms with Crippen molar-refractivity contribution in [1.82, 2.24) is 15.2 Å². The standard InChI is InChI=1S/C23H25N3O2/c1-28-17-7-8-18-19-10-12-26-11-9-16(13-21(26)22(19)25-20(18)14-17)24-23(27)15-5-3-2-4-6-15/h2-8,14,16,21,25H,9-13H2,1H3,(H,24,27). The van der Waals surface area contributed by atoms with Crippen LogP contribution in [0.5, 0.6) is 5.75 Å². The van der Waals surface area contributed by atoms with Crippen molar-refractivity contribution in [1.29, 1.82) is 0 Å². The Kier molecular flexibility index (Phi) is 4.32. The summed E-state index contributed by atoms with van der Waals surface area (Å²) in [4.78, 5) is 18.8. The van der Waals surface area contributed by atoms with Gasteiger partial charge in [-0.25, -0.2) is 0 Å². The normalized spacial score (nSPS) is 21.8. The monoisotopic (exact) mass is 375 g/mol. The van der Waals surface area contributed by atoms with E-state index in [-0.39, 0.29) is 11.9 Å². The van der Waals surface area contributed by atoms with Gasteiger partial charge < -0.3 is 15.0 Å². The van der Waals surface area contributed by atoms with Crippen LogP contribution in [0, 0.1) is 0 Å². The number of hydrogen-bond donors (Lipinski definition) is 2. The number of carbonyl (C=O) groups is 1. The first-order valence-corrected chi connectivity index (χ1v) is 10.0. The molecular formula is C23H25N3O2. The molecular weight excluding hydrogens is 350 g/mol. The summed E-state index contributed by atoms with van der Waals surface area (Å²) in [5, 5.41) is 4.55. The molecule has 0 saturated carbocycles. The fourth-order valence-electron chi connectivity index (χ4n) is 4.76. The first-order chi connectivity index (χ1) is 13.7. The van der Waals surface area contributed by atoms with Gasteiger partial charge in [0.1, 0.15) is 5.75 Å². The second-order valence-corrected chi connectivity index (χ2v) is 7.79. The summed E-state index contributed by atoms with van der Waals surface area (Å²) in [7, 11) is 1.70. The molecule has 1 fully saturated rings. The smallest absolute Gasteiger partial charge is 0.251 e. The van der Waals surface area contributed by atoms with Crippen LogP contribution in [-0.2, 0) is 6.42 Å². The highest BCUT2D eigenvalue weighted by molar-refractivity contribution is 5.94. The lowest BCUT2D eigenvalue weighted by molar-refractivity contribution is 0.0839. The van der Waals surface area contributed by atoms with E-state index in [0.29, 0.717) is 6.04 Å². The highest BCUT2D eigenvalue weighted by Gasteiger charge is 2.36. The van der Waals surface area contributed by atoms with Crippen molar-refractivity contribution < 1.29 is 9.53 Å². The first-order valence-electron chi connectivity index (χ1n) is 10.0. The number of nitrogens with one attached hydrogen (secondary N) is 2. The van der Waals surface area contributed by atoms with Crippen molar-refractivity contribution in [2.45, 2.75) is 31.3 Å². The summed E-state index contributed by atoms with van der Waals surface area (Å²) in [5.41, 5.74) is 4.61. The molecule has 0 bridgehead atoms. The van der Waals surface area contributed by atoms with Gasteiger partial charge in [0.15, 0.2) is 0 Å². The molecule has 2 unspecified atom stereocenters. The maximum absolute atomic E-state index is 12.6. The highest BCUT2D eigenvalue weighted by Crippen LogP contribution is 2.40. The third kappa shape index (κ3) is 2.96. The molecule has 1 aromatic heterocycles. The summed E-state index contributed by atoms with van der Waals surface area (Å²) in [6, 6.07) is 16.3. The summed E-state index contributed by atoms with van der Waals surface area (Å²) < 4.78 is 5.39. The van der Waals surface area contributed by atoms with Crippen LogP contribution in [-0.4, -0.2) is 42.0 Å². The molecule has 2 N–H and O–H groups in total. The number of ether oxygens (including phenoxy) is 1. The second kappa shape index (κ2) is 6.99. The third-order valence-corrected chi connectivity index (χ3v) is 6.21. The Balaban J connectivity index is 1.40. The van der Waals surface area contributed by atoms with Crippen LogP contribution in [0.4, 0.5) is 0 Å². The number of rotatable bonds is 3. The lowest BCUT2D eigenvalue weighted by atomic mass is 9.88. The highest BCUT2D eigenvalue weighted by atomic mass is 16.5. The molecule has 0 spiro atoms. The molecule has 2 aliphatic heterocycles. The molecule has 0 radical (unpaired) electrons. The van der Waals surface area contributed by atoms with Crippen molar-refractivity contribution in [2.75, 3.05) is 20.2 Å². The SMILES string of the molecule is COc1ccc2c3c([nH]c2c1)C1CC(NC(=O)c2ccccc2)CCN1CC3. The number of piperidine rings is 1. The van der Waals surface area contributed by atoms with Crippen LogP contribution >= 0.6 is 0 Å². The van der Waals surface area contributed by atoms with Crippen LogP contribution in [0.3, 0.4) is 0 Å². The molecule has 5 nitrogen and oxygen atoms in total. The molecule has 2 aliphatic rings. The van der Waals surface area contributed by atoms with E-state index in [1.54, 1.807) is 7.11 Å². The fraction of sp³-hybridized carbons (Fsp3) is 0.348. The van der Waals surface area contributed by atoms with E-state index in [2.05, 4.69) is 27.3 Å². The average Bonchev–Trinajstić information content (AvgIpc) is 3.12. The Labute approximate surface area is 164 Å². The Morgan fingerprint density at radius 2 is 2.04 bits per heavy atom. The topological polar surface area (TPSA) is 57.4 Å². The number of methoxy groups -OCH3 is 1. The minimum atomic E-state index is 0.0245. The number of H-pyrrole nitrogens is 1. The van der Waals surface area contributed by atoms with Crippen LogP contribution < -0.4 is 10.1 Å². The van der Waals surface area contributed by atoms with E-state index >= 15 is 0 Å². The lowest BCUT2D eigenvalue weighted by Gasteiger charge is -2.42. The third-order valence-electron chi connectivity index (χ3n) is 6.21. The molecule has 2 aromatic carbocycles. The summed E-state index contributed by atoms with van der Waals surface area (Å²) in [6.45, 7) is 2.10. The lowest BCUT2D eigenvalue weighted by Crippen LogP contribution is -2.48. The number of nitrogens with zero attached hydrogens (tertiary/aromatic N) is 1. The van der Waals surface area contributed by atoms with E-state index < -0.39 is 0 Å². The molecule has 1 amide bonds. The Bertz CT molecular complexity index is 1010. The van der Waals surface area contributed by atoms with Crippen molar-refractivity contribution in [2.24, 2.45) is 0 Å². The van der Waals surface area contributed by atoms with E-state index in [1.165, 1.54) is 16.6 Å². The van der Waals surface area contributed by atoms with Crippen LogP contribution in [0.1, 0.15) is 40.5 Å². The predicted molar refractivity (Wildman–Crippen MR) is 110 cm³/mol. The van der Waals surface area contributed by atoms with Gasteiger partial charge in [0.05, 0.1) is 13.2 Å². The number of fused-ring (bicyclic) bond motifs is 5. The minimum absolute atomic E-state index is 0.0245. The second-order valence-electron chi connectivity index (χ2n) is 7.79. The van der Waals surface area contributed by atoms with E-state index in [9.17, 15) is 4.79 Å². The van der Waals surface area contributed by atoms with Crippen LogP contribution in [0.15, 0.2) is 48.5 Å². The molecule has 3 aromatic rings. The summed E-state index contributed by atoms with van der Waals surface area (Å²) in [5.74, 6) is 0.899. The van der Waals surface area contributed by atoms with E-state index in [0.717, 1.165) is 49.2 Å². The molecule has 5 heteroatoms. The predicted octanol–water partition coefficient (Wildman–Crippen LogP) is 3.67. The zero-order valence-electron chi connectivity index (χ0n) is 16.1. The van der Waals surface area contributed by atoms with Gasteiger partial charge in [-0.3, -0.25) is 9.69 Å². The largest absolute Gasteiger partial charge is 0.497 e. The zero-order valence-corrected chi connectivity index (χ0v) is 16.1. The van der Waals surface area contributed by atoms with Gasteiger partial charge in [-0.15, -0.1) is 0 Å². The Hall–Kier alpha value is -2.79. The van der Waals surface area contributed by atoms with Gasteiger partial charge >= 0.3 is 0 Å². The zero-order chi connectivity index (χ0) is 19.1. The quantitative estimate of drug-likeness (QED) is 0.734. The average molecular weight is 375 g/mol. The number of aromatic nitrogens is 1. The Morgan fingerprint density at radius 3 is 2.86 bits per heavy atom. The first kappa shape index (κ1) is 17.3. The molecule has 5 rings (SSSR count). The van der Waals surface area contributed by atoms with Gasteiger partial charge in [0.2, 0.25) is 0 Å². The van der Waals surface area contributed by atoms with Crippen molar-refractivity contribution in [3.63, 3.8) is 0 Å². The van der Waals surface area contributed by atoms with E-state index in [4.69, 9.17) is 4.74 Å². The molecule has 3 heterocycles. The Morgan fingerprint density at radius 1 is 1.18 bits per heavy atom. The van der Waals surface area contributed by atoms with Crippen molar-refractivity contribution in [3.8, 4) is 5.75 Å². The van der Waals surface area contributed by atoms with Gasteiger partial charge in [-0.2, -0.15) is 0 Å². The van der Waals surface area contributed by atoms with Crippen LogP contribution in [0.25, 0.3) is 10.9 Å². The van der Waals surface area contributed by atoms with Gasteiger partial charge in [-0.05, 0) is 49.1 Å². The molecule has 28 heavy (non-hydrogen) atoms. The number of benzene rings is 2. The van der Waals surface area contributed by atoms with Crippen molar-refractivity contribution in [3.05, 3.63) is 65.4 Å². The summed E-state index contributed by atoms with van der Waals surface area (Å²) >= 11 is 0. The molecule has 144 valence electrons. The van der Waals surface area contributed by atoms with E-state index in [1.807, 2.05) is 36.4 Å². The molecule has 0 aliphatic carbocycles. The molecule has 2 atom stereocenters. The minimum Gasteiger partial charge on any atom is -0.497 e. The van der Waals surface area contributed by atoms with Crippen molar-refractivity contribution >= 4 is 16.8 Å². The number of hydrogen-bond acceptors (Lipinski definition) is 3. The maximum atomic E-state index is 12.6. The van der Waals surface area contributed by atoms with Gasteiger partial charge in [0.25, 0.3) is 5.91 Å². The van der Waals surface area contributed by atoms with Crippen LogP contribution in [0.2, 0.25) is 0 Å². The molecule has 1 saturated heterocycles. The summed E-state index contributed by atoms with van der Waals surface area (Å²) in [6.07, 6.45) is 3.01.